The molecule has 1 aromatic rings. The third kappa shape index (κ3) is 5.84. The molecule has 0 radical (unpaired) electrons. The number of hydrogen-bond donors (Lipinski definition) is 2. The van der Waals surface area contributed by atoms with Gasteiger partial charge in [-0.15, -0.1) is 0 Å². The largest absolute Gasteiger partial charge is 0.396 e. The fourth-order valence-electron chi connectivity index (χ4n) is 1.66. The summed E-state index contributed by atoms with van der Waals surface area (Å²) in [5.74, 6) is -0.0126. The molecule has 0 unspecified atom stereocenters. The third-order valence-corrected chi connectivity index (χ3v) is 2.90. The summed E-state index contributed by atoms with van der Waals surface area (Å²) in [5.41, 5.74) is 1.64. The first-order chi connectivity index (χ1) is 9.52. The van der Waals surface area contributed by atoms with Gasteiger partial charge < -0.3 is 15.3 Å². The Morgan fingerprint density at radius 3 is 2.35 bits per heavy atom. The van der Waals surface area contributed by atoms with E-state index in [-0.39, 0.29) is 18.4 Å². The van der Waals surface area contributed by atoms with E-state index in [1.807, 2.05) is 12.1 Å². The van der Waals surface area contributed by atoms with Crippen LogP contribution >= 0.6 is 0 Å². The van der Waals surface area contributed by atoms with Crippen LogP contribution in [-0.2, 0) is 16.0 Å². The number of aliphatic hydroxyl groups is 1. The van der Waals surface area contributed by atoms with Crippen LogP contribution < -0.4 is 5.32 Å². The van der Waals surface area contributed by atoms with Crippen LogP contribution in [0.1, 0.15) is 24.8 Å². The molecule has 0 spiro atoms. The van der Waals surface area contributed by atoms with Gasteiger partial charge in [-0.1, -0.05) is 12.1 Å². The van der Waals surface area contributed by atoms with E-state index < -0.39 is 0 Å². The molecular formula is C15H22N2O3. The van der Waals surface area contributed by atoms with Crippen LogP contribution in [-0.4, -0.2) is 42.5 Å². The lowest BCUT2D eigenvalue weighted by molar-refractivity contribution is -0.128. The van der Waals surface area contributed by atoms with Gasteiger partial charge in [0.25, 0.3) is 0 Å². The molecular weight excluding hydrogens is 256 g/mol. The SMILES string of the molecule is CN(C)C(=O)Cc1ccc(NC(=O)CCCCO)cc1. The van der Waals surface area contributed by atoms with Crippen molar-refractivity contribution in [3.63, 3.8) is 0 Å². The second-order valence-electron chi connectivity index (χ2n) is 4.89. The molecule has 110 valence electrons. The predicted molar refractivity (Wildman–Crippen MR) is 78.4 cm³/mol. The molecule has 0 heterocycles. The lowest BCUT2D eigenvalue weighted by Gasteiger charge is -2.10. The van der Waals surface area contributed by atoms with E-state index in [1.165, 1.54) is 0 Å². The van der Waals surface area contributed by atoms with Crippen molar-refractivity contribution in [2.24, 2.45) is 0 Å². The van der Waals surface area contributed by atoms with Crippen molar-refractivity contribution in [3.05, 3.63) is 29.8 Å². The number of rotatable bonds is 7. The zero-order valence-corrected chi connectivity index (χ0v) is 12.1. The van der Waals surface area contributed by atoms with Gasteiger partial charge in [-0.25, -0.2) is 0 Å². The number of aliphatic hydroxyl groups excluding tert-OH is 1. The molecule has 0 aliphatic carbocycles. The molecule has 0 fully saturated rings. The molecule has 5 nitrogen and oxygen atoms in total. The quantitative estimate of drug-likeness (QED) is 0.741. The summed E-state index contributed by atoms with van der Waals surface area (Å²) in [4.78, 5) is 24.7. The number of amides is 2. The maximum atomic E-state index is 11.6. The van der Waals surface area contributed by atoms with Gasteiger partial charge in [0.15, 0.2) is 0 Å². The molecule has 20 heavy (non-hydrogen) atoms. The average Bonchev–Trinajstić information content (AvgIpc) is 2.41. The molecule has 5 heteroatoms. The monoisotopic (exact) mass is 278 g/mol. The molecule has 2 amide bonds. The number of likely N-dealkylation sites (N-methyl/N-ethyl adjacent to an activating group) is 1. The van der Waals surface area contributed by atoms with Crippen molar-refractivity contribution in [2.45, 2.75) is 25.7 Å². The zero-order valence-electron chi connectivity index (χ0n) is 12.1. The maximum Gasteiger partial charge on any atom is 0.226 e. The first kappa shape index (κ1) is 16.2. The molecule has 1 aromatic carbocycles. The number of unbranched alkanes of at least 4 members (excludes halogenated alkanes) is 1. The van der Waals surface area contributed by atoms with Crippen molar-refractivity contribution < 1.29 is 14.7 Å². The van der Waals surface area contributed by atoms with Crippen LogP contribution in [0.4, 0.5) is 5.69 Å². The minimum atomic E-state index is -0.0597. The summed E-state index contributed by atoms with van der Waals surface area (Å²) in [5, 5.41) is 11.4. The first-order valence-electron chi connectivity index (χ1n) is 6.72. The van der Waals surface area contributed by atoms with Gasteiger partial charge in [-0.3, -0.25) is 9.59 Å². The van der Waals surface area contributed by atoms with Gasteiger partial charge in [0.05, 0.1) is 6.42 Å². The van der Waals surface area contributed by atoms with Crippen LogP contribution in [0.2, 0.25) is 0 Å². The molecule has 0 bridgehead atoms. The fourth-order valence-corrected chi connectivity index (χ4v) is 1.66. The highest BCUT2D eigenvalue weighted by Crippen LogP contribution is 2.11. The van der Waals surface area contributed by atoms with Gasteiger partial charge in [-0.05, 0) is 30.5 Å². The Bertz CT molecular complexity index is 441. The Balaban J connectivity index is 2.46. The van der Waals surface area contributed by atoms with Crippen molar-refractivity contribution in [2.75, 3.05) is 26.0 Å². The number of nitrogens with one attached hydrogen (secondary N) is 1. The van der Waals surface area contributed by atoms with Crippen LogP contribution in [0.15, 0.2) is 24.3 Å². The van der Waals surface area contributed by atoms with Crippen molar-refractivity contribution in [1.29, 1.82) is 0 Å². The Kier molecular flexibility index (Phi) is 6.73. The Labute approximate surface area is 119 Å². The van der Waals surface area contributed by atoms with Gasteiger partial charge >= 0.3 is 0 Å². The van der Waals surface area contributed by atoms with Gasteiger partial charge in [0.1, 0.15) is 0 Å². The Hall–Kier alpha value is -1.88. The van der Waals surface area contributed by atoms with E-state index in [0.29, 0.717) is 25.7 Å². The summed E-state index contributed by atoms with van der Waals surface area (Å²) in [6.07, 6.45) is 2.08. The van der Waals surface area contributed by atoms with Gasteiger partial charge in [0.2, 0.25) is 11.8 Å². The fraction of sp³-hybridized carbons (Fsp3) is 0.467. The molecule has 0 saturated carbocycles. The van der Waals surface area contributed by atoms with E-state index in [1.54, 1.807) is 31.1 Å². The van der Waals surface area contributed by atoms with E-state index in [2.05, 4.69) is 5.32 Å². The average molecular weight is 278 g/mol. The van der Waals surface area contributed by atoms with Crippen LogP contribution in [0.25, 0.3) is 0 Å². The lowest BCUT2D eigenvalue weighted by Crippen LogP contribution is -2.23. The van der Waals surface area contributed by atoms with E-state index in [0.717, 1.165) is 11.3 Å². The standard InChI is InChI=1S/C15H22N2O3/c1-17(2)15(20)11-12-6-8-13(9-7-12)16-14(19)5-3-4-10-18/h6-9,18H,3-5,10-11H2,1-2H3,(H,16,19). The van der Waals surface area contributed by atoms with Crippen LogP contribution in [0.5, 0.6) is 0 Å². The lowest BCUT2D eigenvalue weighted by atomic mass is 10.1. The van der Waals surface area contributed by atoms with Crippen LogP contribution in [0, 0.1) is 0 Å². The van der Waals surface area contributed by atoms with Crippen LogP contribution in [0.3, 0.4) is 0 Å². The Morgan fingerprint density at radius 2 is 1.80 bits per heavy atom. The number of hydrogen-bond acceptors (Lipinski definition) is 3. The molecule has 0 aromatic heterocycles. The minimum Gasteiger partial charge on any atom is -0.396 e. The number of benzene rings is 1. The Morgan fingerprint density at radius 1 is 1.15 bits per heavy atom. The number of carbonyl (C=O) groups is 2. The second-order valence-corrected chi connectivity index (χ2v) is 4.89. The minimum absolute atomic E-state index is 0.0470. The third-order valence-electron chi connectivity index (χ3n) is 2.90. The summed E-state index contributed by atoms with van der Waals surface area (Å²) in [7, 11) is 3.45. The molecule has 0 atom stereocenters. The summed E-state index contributed by atoms with van der Waals surface area (Å²) in [6, 6.07) is 7.26. The second kappa shape index (κ2) is 8.32. The highest BCUT2D eigenvalue weighted by Gasteiger charge is 2.06. The summed E-state index contributed by atoms with van der Waals surface area (Å²) >= 11 is 0. The van der Waals surface area contributed by atoms with Crippen molar-refractivity contribution >= 4 is 17.5 Å². The van der Waals surface area contributed by atoms with Gasteiger partial charge in [-0.2, -0.15) is 0 Å². The first-order valence-corrected chi connectivity index (χ1v) is 6.72. The molecule has 0 saturated heterocycles. The predicted octanol–water partition coefficient (Wildman–Crippen LogP) is 1.42. The number of nitrogens with zero attached hydrogens (tertiary/aromatic N) is 1. The number of anilines is 1. The van der Waals surface area contributed by atoms with E-state index >= 15 is 0 Å². The van der Waals surface area contributed by atoms with E-state index in [4.69, 9.17) is 5.11 Å². The van der Waals surface area contributed by atoms with Crippen molar-refractivity contribution in [3.8, 4) is 0 Å². The topological polar surface area (TPSA) is 69.6 Å². The van der Waals surface area contributed by atoms with E-state index in [9.17, 15) is 9.59 Å². The normalized spacial score (nSPS) is 10.2. The van der Waals surface area contributed by atoms with Crippen molar-refractivity contribution in [1.82, 2.24) is 4.90 Å². The zero-order chi connectivity index (χ0) is 15.0. The molecule has 0 aliphatic rings. The smallest absolute Gasteiger partial charge is 0.226 e. The molecule has 0 aliphatic heterocycles. The highest BCUT2D eigenvalue weighted by atomic mass is 16.3. The van der Waals surface area contributed by atoms with Gasteiger partial charge in [0, 0.05) is 32.8 Å². The maximum absolute atomic E-state index is 11.6. The summed E-state index contributed by atoms with van der Waals surface area (Å²) < 4.78 is 0. The molecule has 1 rings (SSSR count). The highest BCUT2D eigenvalue weighted by molar-refractivity contribution is 5.90. The number of carbonyl (C=O) groups excluding carboxylic acids is 2. The summed E-state index contributed by atoms with van der Waals surface area (Å²) in [6.45, 7) is 0.113. The molecule has 2 N–H and O–H groups in total.